The highest BCUT2D eigenvalue weighted by molar-refractivity contribution is 7.80. The predicted octanol–water partition coefficient (Wildman–Crippen LogP) is 2.28. The third-order valence-corrected chi connectivity index (χ3v) is 2.36. The third-order valence-electron chi connectivity index (χ3n) is 2.16. The van der Waals surface area contributed by atoms with Gasteiger partial charge in [-0.05, 0) is 6.92 Å². The number of nitrogens with two attached hydrogens (primary N) is 1. The Hall–Kier alpha value is -1.68. The van der Waals surface area contributed by atoms with Crippen molar-refractivity contribution in [3.63, 3.8) is 0 Å². The van der Waals surface area contributed by atoms with E-state index < -0.39 is 0 Å². The largest absolute Gasteiger partial charge is 0.389 e. The fourth-order valence-corrected chi connectivity index (χ4v) is 1.70. The Labute approximate surface area is 92.9 Å². The summed E-state index contributed by atoms with van der Waals surface area (Å²) in [6.45, 7) is 1.80. The van der Waals surface area contributed by atoms with Crippen molar-refractivity contribution in [2.24, 2.45) is 5.73 Å². The highest BCUT2D eigenvalue weighted by atomic mass is 32.1. The fraction of sp³-hybridized carbons (Fsp3) is 0.0909. The second kappa shape index (κ2) is 3.82. The van der Waals surface area contributed by atoms with E-state index in [-0.39, 0.29) is 0 Å². The molecule has 2 aromatic rings. The van der Waals surface area contributed by atoms with Gasteiger partial charge < -0.3 is 10.3 Å². The van der Waals surface area contributed by atoms with Crippen molar-refractivity contribution in [2.75, 3.05) is 0 Å². The average molecular weight is 218 g/mol. The van der Waals surface area contributed by atoms with Crippen LogP contribution in [-0.4, -0.2) is 10.1 Å². The van der Waals surface area contributed by atoms with Crippen LogP contribution < -0.4 is 5.73 Å². The first-order valence-electron chi connectivity index (χ1n) is 4.51. The number of nitrogens with zero attached hydrogens (tertiary/aromatic N) is 1. The van der Waals surface area contributed by atoms with E-state index in [1.165, 1.54) is 0 Å². The van der Waals surface area contributed by atoms with E-state index in [9.17, 15) is 0 Å². The van der Waals surface area contributed by atoms with Gasteiger partial charge in [0.1, 0.15) is 16.4 Å². The topological polar surface area (TPSA) is 52.0 Å². The molecule has 1 heterocycles. The van der Waals surface area contributed by atoms with E-state index >= 15 is 0 Å². The molecule has 76 valence electrons. The maximum atomic E-state index is 5.63. The molecule has 0 unspecified atom stereocenters. The zero-order valence-corrected chi connectivity index (χ0v) is 9.04. The van der Waals surface area contributed by atoms with Gasteiger partial charge in [0.2, 0.25) is 0 Å². The summed E-state index contributed by atoms with van der Waals surface area (Å²) in [5.41, 5.74) is 8.01. The minimum absolute atomic E-state index is 0.313. The van der Waals surface area contributed by atoms with Crippen LogP contribution in [0.4, 0.5) is 0 Å². The maximum absolute atomic E-state index is 5.63. The van der Waals surface area contributed by atoms with Crippen molar-refractivity contribution in [3.8, 4) is 11.3 Å². The molecule has 15 heavy (non-hydrogen) atoms. The second-order valence-electron chi connectivity index (χ2n) is 3.19. The fourth-order valence-electron chi connectivity index (χ4n) is 1.46. The molecule has 0 atom stereocenters. The maximum Gasteiger partial charge on any atom is 0.144 e. The van der Waals surface area contributed by atoms with Gasteiger partial charge in [-0.3, -0.25) is 0 Å². The molecule has 1 aromatic heterocycles. The van der Waals surface area contributed by atoms with Crippen LogP contribution in [0.3, 0.4) is 0 Å². The number of benzene rings is 1. The molecule has 0 fully saturated rings. The van der Waals surface area contributed by atoms with Crippen LogP contribution in [0.25, 0.3) is 11.3 Å². The minimum atomic E-state index is 0.313. The van der Waals surface area contributed by atoms with E-state index in [0.29, 0.717) is 16.4 Å². The van der Waals surface area contributed by atoms with Crippen molar-refractivity contribution >= 4 is 17.2 Å². The zero-order valence-electron chi connectivity index (χ0n) is 8.23. The minimum Gasteiger partial charge on any atom is -0.389 e. The number of thiocarbonyl (C=S) groups is 1. The van der Waals surface area contributed by atoms with Crippen LogP contribution in [0.15, 0.2) is 34.9 Å². The van der Waals surface area contributed by atoms with Crippen LogP contribution in [0.1, 0.15) is 11.3 Å². The lowest BCUT2D eigenvalue weighted by atomic mass is 10.1. The smallest absolute Gasteiger partial charge is 0.144 e. The summed E-state index contributed by atoms with van der Waals surface area (Å²) in [5, 5.41) is 3.96. The van der Waals surface area contributed by atoms with Crippen molar-refractivity contribution in [1.82, 2.24) is 5.16 Å². The lowest BCUT2D eigenvalue weighted by Crippen LogP contribution is -2.11. The van der Waals surface area contributed by atoms with E-state index in [0.717, 1.165) is 11.1 Å². The summed E-state index contributed by atoms with van der Waals surface area (Å²) >= 11 is 4.97. The Balaban J connectivity index is 2.59. The Bertz CT molecular complexity index is 491. The summed E-state index contributed by atoms with van der Waals surface area (Å²) in [6, 6.07) is 9.69. The summed E-state index contributed by atoms with van der Waals surface area (Å²) in [5.74, 6) is 0.654. The van der Waals surface area contributed by atoms with Crippen molar-refractivity contribution in [1.29, 1.82) is 0 Å². The van der Waals surface area contributed by atoms with Crippen LogP contribution in [0.5, 0.6) is 0 Å². The quantitative estimate of drug-likeness (QED) is 0.786. The number of hydrogen-bond donors (Lipinski definition) is 1. The van der Waals surface area contributed by atoms with Gasteiger partial charge in [0.15, 0.2) is 0 Å². The molecule has 0 aliphatic rings. The van der Waals surface area contributed by atoms with Crippen molar-refractivity contribution in [3.05, 3.63) is 41.7 Å². The van der Waals surface area contributed by atoms with Gasteiger partial charge in [-0.25, -0.2) is 0 Å². The Morgan fingerprint density at radius 2 is 2.00 bits per heavy atom. The van der Waals surface area contributed by atoms with E-state index in [4.69, 9.17) is 22.5 Å². The number of aromatic nitrogens is 1. The molecule has 0 amide bonds. The first-order chi connectivity index (χ1) is 7.20. The van der Waals surface area contributed by atoms with E-state index in [1.54, 1.807) is 6.92 Å². The number of rotatable bonds is 2. The zero-order chi connectivity index (χ0) is 10.8. The van der Waals surface area contributed by atoms with Gasteiger partial charge in [-0.15, -0.1) is 0 Å². The molecule has 0 radical (unpaired) electrons. The lowest BCUT2D eigenvalue weighted by Gasteiger charge is -1.99. The van der Waals surface area contributed by atoms with Crippen molar-refractivity contribution in [2.45, 2.75) is 6.92 Å². The summed E-state index contributed by atoms with van der Waals surface area (Å²) in [4.78, 5) is 0.313. The van der Waals surface area contributed by atoms with Crippen LogP contribution in [-0.2, 0) is 0 Å². The van der Waals surface area contributed by atoms with Crippen molar-refractivity contribution < 1.29 is 4.52 Å². The van der Waals surface area contributed by atoms with Gasteiger partial charge in [0, 0.05) is 5.56 Å². The van der Waals surface area contributed by atoms with Gasteiger partial charge in [-0.2, -0.15) is 0 Å². The number of hydrogen-bond acceptors (Lipinski definition) is 3. The van der Waals surface area contributed by atoms with Gasteiger partial charge in [0.05, 0.1) is 5.56 Å². The van der Waals surface area contributed by atoms with Crippen LogP contribution in [0, 0.1) is 6.92 Å². The normalized spacial score (nSPS) is 10.2. The second-order valence-corrected chi connectivity index (χ2v) is 3.63. The Morgan fingerprint density at radius 1 is 1.33 bits per heavy atom. The van der Waals surface area contributed by atoms with Gasteiger partial charge >= 0.3 is 0 Å². The van der Waals surface area contributed by atoms with Crippen LogP contribution >= 0.6 is 12.2 Å². The first kappa shape index (κ1) is 9.86. The SMILES string of the molecule is Cc1onc(-c2ccccc2)c1C(N)=S. The molecule has 0 aliphatic heterocycles. The number of aryl methyl sites for hydroxylation is 1. The predicted molar refractivity (Wildman–Crippen MR) is 62.6 cm³/mol. The molecule has 0 bridgehead atoms. The summed E-state index contributed by atoms with van der Waals surface area (Å²) in [6.07, 6.45) is 0. The summed E-state index contributed by atoms with van der Waals surface area (Å²) < 4.78 is 5.09. The molecule has 1 aromatic carbocycles. The van der Waals surface area contributed by atoms with E-state index in [1.807, 2.05) is 30.3 Å². The molecule has 2 rings (SSSR count). The Kier molecular flexibility index (Phi) is 2.51. The summed E-state index contributed by atoms with van der Waals surface area (Å²) in [7, 11) is 0. The molecule has 0 aliphatic carbocycles. The molecule has 2 N–H and O–H groups in total. The van der Waals surface area contributed by atoms with Gasteiger partial charge in [-0.1, -0.05) is 47.7 Å². The molecular weight excluding hydrogens is 208 g/mol. The Morgan fingerprint density at radius 3 is 2.60 bits per heavy atom. The molecule has 3 nitrogen and oxygen atoms in total. The monoisotopic (exact) mass is 218 g/mol. The highest BCUT2D eigenvalue weighted by Gasteiger charge is 2.16. The molecule has 4 heteroatoms. The van der Waals surface area contributed by atoms with Crippen LogP contribution in [0.2, 0.25) is 0 Å². The molecule has 0 saturated carbocycles. The van der Waals surface area contributed by atoms with Gasteiger partial charge in [0.25, 0.3) is 0 Å². The van der Waals surface area contributed by atoms with E-state index in [2.05, 4.69) is 5.16 Å². The molecule has 0 saturated heterocycles. The first-order valence-corrected chi connectivity index (χ1v) is 4.92. The average Bonchev–Trinajstić information content (AvgIpc) is 2.61. The lowest BCUT2D eigenvalue weighted by molar-refractivity contribution is 0.399. The highest BCUT2D eigenvalue weighted by Crippen LogP contribution is 2.24. The molecule has 0 spiro atoms. The standard InChI is InChI=1S/C11H10N2OS/c1-7-9(11(12)15)10(13-14-7)8-5-3-2-4-6-8/h2-6H,1H3,(H2,12,15). The molecular formula is C11H10N2OS. The third kappa shape index (κ3) is 1.76.